The van der Waals surface area contributed by atoms with Crippen molar-refractivity contribution in [3.05, 3.63) is 188 Å². The Balaban J connectivity index is 1.28. The lowest BCUT2D eigenvalue weighted by atomic mass is 9.92. The molecule has 0 N–H and O–H groups in total. The Morgan fingerprint density at radius 3 is 1.71 bits per heavy atom. The number of nitrogens with zero attached hydrogens (tertiary/aromatic N) is 4. The van der Waals surface area contributed by atoms with E-state index in [9.17, 15) is 0 Å². The summed E-state index contributed by atoms with van der Waals surface area (Å²) in [6.07, 6.45) is 8.52. The molecule has 0 fully saturated rings. The highest BCUT2D eigenvalue weighted by Crippen LogP contribution is 2.46. The maximum atomic E-state index is 6.81. The van der Waals surface area contributed by atoms with Crippen molar-refractivity contribution in [2.75, 3.05) is 0 Å². The first-order valence-corrected chi connectivity index (χ1v) is 19.1. The van der Waals surface area contributed by atoms with Crippen LogP contribution >= 0.6 is 0 Å². The second-order valence-electron chi connectivity index (χ2n) is 14.3. The van der Waals surface area contributed by atoms with Crippen LogP contribution in [-0.2, 0) is 0 Å². The molecule has 1 aliphatic carbocycles. The molecule has 0 aliphatic heterocycles. The molecule has 0 unspecified atom stereocenters. The molecule has 10 aromatic rings. The smallest absolute Gasteiger partial charge is 0.164 e. The Morgan fingerprint density at radius 1 is 0.464 bits per heavy atom. The molecular formula is C51H34N4O. The minimum absolute atomic E-state index is 0.622. The first-order valence-electron chi connectivity index (χ1n) is 19.1. The number of aromatic nitrogens is 4. The van der Waals surface area contributed by atoms with Gasteiger partial charge in [-0.1, -0.05) is 152 Å². The standard InChI is InChI=1S/C51H34N4O/c1-5-17-33(18-6-1)42-31-37(51-53-49(35-21-9-3-10-22-35)52-50(54-51)36-23-11-4-12-24-36)32-43(34-19-7-2-8-20-34)46(42)55-44-27-15-13-25-38(44)40-29-30-41-39-26-14-16-28-45(39)56-48(41)47(40)55/h1-3,5-11,13-32H,4,12H2. The molecule has 5 nitrogen and oxygen atoms in total. The van der Waals surface area contributed by atoms with Crippen LogP contribution in [0.25, 0.3) is 100 Å². The molecule has 0 saturated heterocycles. The Morgan fingerprint density at radius 2 is 1.04 bits per heavy atom. The molecular weight excluding hydrogens is 685 g/mol. The minimum Gasteiger partial charge on any atom is -0.454 e. The molecule has 3 heterocycles. The quantitative estimate of drug-likeness (QED) is 0.172. The third-order valence-corrected chi connectivity index (χ3v) is 10.9. The molecule has 264 valence electrons. The van der Waals surface area contributed by atoms with E-state index in [2.05, 4.69) is 162 Å². The summed E-state index contributed by atoms with van der Waals surface area (Å²) >= 11 is 0. The summed E-state index contributed by atoms with van der Waals surface area (Å²) in [4.78, 5) is 15.4. The van der Waals surface area contributed by atoms with Crippen LogP contribution in [0.5, 0.6) is 0 Å². The van der Waals surface area contributed by atoms with Gasteiger partial charge in [0.05, 0.1) is 16.7 Å². The molecule has 0 radical (unpaired) electrons. The van der Waals surface area contributed by atoms with Gasteiger partial charge >= 0.3 is 0 Å². The monoisotopic (exact) mass is 718 g/mol. The van der Waals surface area contributed by atoms with Crippen LogP contribution in [0, 0.1) is 0 Å². The van der Waals surface area contributed by atoms with E-state index in [1.807, 2.05) is 24.3 Å². The summed E-state index contributed by atoms with van der Waals surface area (Å²) in [6.45, 7) is 0. The Hall–Kier alpha value is -7.37. The van der Waals surface area contributed by atoms with Crippen molar-refractivity contribution in [3.8, 4) is 50.7 Å². The third-order valence-electron chi connectivity index (χ3n) is 10.9. The lowest BCUT2D eigenvalue weighted by Gasteiger charge is -2.21. The van der Waals surface area contributed by atoms with Crippen LogP contribution in [0.3, 0.4) is 0 Å². The largest absolute Gasteiger partial charge is 0.454 e. The highest BCUT2D eigenvalue weighted by atomic mass is 16.3. The van der Waals surface area contributed by atoms with Gasteiger partial charge in [0.15, 0.2) is 23.1 Å². The average Bonchev–Trinajstić information content (AvgIpc) is 3.83. The molecule has 56 heavy (non-hydrogen) atoms. The second kappa shape index (κ2) is 13.2. The summed E-state index contributed by atoms with van der Waals surface area (Å²) in [5.74, 6) is 1.94. The number of hydrogen-bond acceptors (Lipinski definition) is 4. The van der Waals surface area contributed by atoms with Crippen molar-refractivity contribution in [2.24, 2.45) is 0 Å². The fourth-order valence-electron chi connectivity index (χ4n) is 8.27. The van der Waals surface area contributed by atoms with Crippen molar-refractivity contribution in [1.29, 1.82) is 0 Å². The van der Waals surface area contributed by atoms with E-state index in [4.69, 9.17) is 19.4 Å². The fourth-order valence-corrected chi connectivity index (χ4v) is 8.27. The lowest BCUT2D eigenvalue weighted by Crippen LogP contribution is -2.05. The molecule has 0 spiro atoms. The zero-order chi connectivity index (χ0) is 37.0. The Kier molecular flexibility index (Phi) is 7.56. The number of hydrogen-bond donors (Lipinski definition) is 0. The second-order valence-corrected chi connectivity index (χ2v) is 14.3. The van der Waals surface area contributed by atoms with Crippen molar-refractivity contribution in [2.45, 2.75) is 12.8 Å². The normalized spacial score (nSPS) is 12.9. The predicted molar refractivity (Wildman–Crippen MR) is 230 cm³/mol. The molecule has 0 saturated carbocycles. The molecule has 0 amide bonds. The van der Waals surface area contributed by atoms with E-state index in [0.29, 0.717) is 17.5 Å². The van der Waals surface area contributed by atoms with Gasteiger partial charge in [-0.15, -0.1) is 0 Å². The van der Waals surface area contributed by atoms with Gasteiger partial charge in [-0.25, -0.2) is 15.0 Å². The number of benzene rings is 7. The first kappa shape index (κ1) is 32.1. The number of furan rings is 1. The molecule has 1 aliphatic rings. The average molecular weight is 719 g/mol. The van der Waals surface area contributed by atoms with E-state index in [0.717, 1.165) is 101 Å². The van der Waals surface area contributed by atoms with E-state index < -0.39 is 0 Å². The van der Waals surface area contributed by atoms with Crippen LogP contribution in [-0.4, -0.2) is 19.5 Å². The number of fused-ring (bicyclic) bond motifs is 7. The fraction of sp³-hybridized carbons (Fsp3) is 0.0392. The molecule has 11 rings (SSSR count). The van der Waals surface area contributed by atoms with Crippen LogP contribution in [0.2, 0.25) is 0 Å². The van der Waals surface area contributed by atoms with Gasteiger partial charge in [0, 0.05) is 49.4 Å². The molecule has 0 atom stereocenters. The Labute approximate surface area is 323 Å². The van der Waals surface area contributed by atoms with Crippen LogP contribution in [0.15, 0.2) is 186 Å². The third kappa shape index (κ3) is 5.28. The van der Waals surface area contributed by atoms with Gasteiger partial charge in [0.2, 0.25) is 0 Å². The van der Waals surface area contributed by atoms with Crippen molar-refractivity contribution in [1.82, 2.24) is 19.5 Å². The van der Waals surface area contributed by atoms with E-state index in [-0.39, 0.29) is 0 Å². The van der Waals surface area contributed by atoms with Gasteiger partial charge in [-0.3, -0.25) is 0 Å². The SMILES string of the molecule is C1=CC(c2nc(-c3ccccc3)nc(-c3cc(-c4ccccc4)c(-n4c5ccccc5c5ccc6c7ccccc7oc6c54)c(-c4ccccc4)c3)n2)=CCC1. The lowest BCUT2D eigenvalue weighted by molar-refractivity contribution is 0.671. The van der Waals surface area contributed by atoms with Crippen LogP contribution < -0.4 is 0 Å². The summed E-state index contributed by atoms with van der Waals surface area (Å²) in [5.41, 5.74) is 12.1. The molecule has 0 bridgehead atoms. The maximum Gasteiger partial charge on any atom is 0.164 e. The van der Waals surface area contributed by atoms with Gasteiger partial charge in [-0.2, -0.15) is 0 Å². The zero-order valence-electron chi connectivity index (χ0n) is 30.4. The van der Waals surface area contributed by atoms with E-state index >= 15 is 0 Å². The highest BCUT2D eigenvalue weighted by molar-refractivity contribution is 6.22. The summed E-state index contributed by atoms with van der Waals surface area (Å²) in [7, 11) is 0. The topological polar surface area (TPSA) is 56.7 Å². The van der Waals surface area contributed by atoms with Gasteiger partial charge in [-0.05, 0) is 54.3 Å². The first-order chi connectivity index (χ1) is 27.8. The van der Waals surface area contributed by atoms with Gasteiger partial charge in [0.1, 0.15) is 5.58 Å². The summed E-state index contributed by atoms with van der Waals surface area (Å²) in [5, 5.41) is 4.49. The number of allylic oxidation sites excluding steroid dienone is 4. The molecule has 5 heteroatoms. The maximum absolute atomic E-state index is 6.81. The predicted octanol–water partition coefficient (Wildman–Crippen LogP) is 13.3. The van der Waals surface area contributed by atoms with Gasteiger partial charge < -0.3 is 8.98 Å². The highest BCUT2D eigenvalue weighted by Gasteiger charge is 2.25. The number of para-hydroxylation sites is 2. The molecule has 3 aromatic heterocycles. The number of rotatable bonds is 6. The van der Waals surface area contributed by atoms with E-state index in [1.165, 1.54) is 0 Å². The van der Waals surface area contributed by atoms with Gasteiger partial charge in [0.25, 0.3) is 0 Å². The summed E-state index contributed by atoms with van der Waals surface area (Å²) < 4.78 is 9.24. The Bertz CT molecular complexity index is 3110. The van der Waals surface area contributed by atoms with E-state index in [1.54, 1.807) is 0 Å². The van der Waals surface area contributed by atoms with Crippen molar-refractivity contribution >= 4 is 49.3 Å². The van der Waals surface area contributed by atoms with Crippen molar-refractivity contribution < 1.29 is 4.42 Å². The zero-order valence-corrected chi connectivity index (χ0v) is 30.4. The summed E-state index contributed by atoms with van der Waals surface area (Å²) in [6, 6.07) is 57.5. The van der Waals surface area contributed by atoms with Crippen LogP contribution in [0.1, 0.15) is 18.7 Å². The minimum atomic E-state index is 0.622. The molecule has 7 aromatic carbocycles. The van der Waals surface area contributed by atoms with Crippen LogP contribution in [0.4, 0.5) is 0 Å². The van der Waals surface area contributed by atoms with Crippen molar-refractivity contribution in [3.63, 3.8) is 0 Å².